The van der Waals surface area contributed by atoms with Crippen LogP contribution in [-0.4, -0.2) is 31.0 Å². The lowest BCUT2D eigenvalue weighted by atomic mass is 9.99. The number of nitrogens with one attached hydrogen (secondary N) is 1. The van der Waals surface area contributed by atoms with E-state index >= 15 is 0 Å². The van der Waals surface area contributed by atoms with Gasteiger partial charge in [-0.05, 0) is 42.0 Å². The fourth-order valence-electron chi connectivity index (χ4n) is 2.77. The maximum atomic E-state index is 10.0. The summed E-state index contributed by atoms with van der Waals surface area (Å²) in [6.07, 6.45) is 2.12. The lowest BCUT2D eigenvalue weighted by molar-refractivity contribution is 0.0315. The summed E-state index contributed by atoms with van der Waals surface area (Å²) in [5, 5.41) is 15.9. The van der Waals surface area contributed by atoms with Crippen LogP contribution in [0, 0.1) is 5.92 Å². The number of benzene rings is 2. The highest BCUT2D eigenvalue weighted by molar-refractivity contribution is 5.86. The van der Waals surface area contributed by atoms with Gasteiger partial charge in [0.1, 0.15) is 0 Å². The van der Waals surface area contributed by atoms with E-state index in [9.17, 15) is 5.11 Å². The molecule has 0 aromatic heterocycles. The van der Waals surface area contributed by atoms with Gasteiger partial charge in [-0.15, -0.1) is 0 Å². The Labute approximate surface area is 132 Å². The highest BCUT2D eigenvalue weighted by atomic mass is 16.5. The van der Waals surface area contributed by atoms with E-state index in [4.69, 9.17) is 4.74 Å². The van der Waals surface area contributed by atoms with Crippen LogP contribution in [0.25, 0.3) is 10.8 Å². The van der Waals surface area contributed by atoms with Crippen LogP contribution >= 0.6 is 0 Å². The molecule has 1 aliphatic rings. The van der Waals surface area contributed by atoms with Crippen LogP contribution < -0.4 is 5.32 Å². The second-order valence-corrected chi connectivity index (χ2v) is 6.33. The molecule has 0 spiro atoms. The van der Waals surface area contributed by atoms with Crippen LogP contribution in [0.15, 0.2) is 42.5 Å². The first kappa shape index (κ1) is 15.5. The minimum atomic E-state index is -0.448. The average molecular weight is 299 g/mol. The van der Waals surface area contributed by atoms with Crippen molar-refractivity contribution in [3.8, 4) is 0 Å². The van der Waals surface area contributed by atoms with Crippen molar-refractivity contribution in [1.29, 1.82) is 0 Å². The number of rotatable bonds is 8. The molecular formula is C19H25NO2. The van der Waals surface area contributed by atoms with E-state index in [1.165, 1.54) is 29.2 Å². The van der Waals surface area contributed by atoms with Crippen molar-refractivity contribution in [2.45, 2.75) is 31.9 Å². The Bertz CT molecular complexity index is 604. The van der Waals surface area contributed by atoms with Gasteiger partial charge in [0.2, 0.25) is 0 Å². The summed E-state index contributed by atoms with van der Waals surface area (Å²) >= 11 is 0. The summed E-state index contributed by atoms with van der Waals surface area (Å²) in [6, 6.07) is 15.0. The van der Waals surface area contributed by atoms with Crippen LogP contribution in [-0.2, 0) is 4.74 Å². The Morgan fingerprint density at radius 3 is 2.77 bits per heavy atom. The molecule has 3 heteroatoms. The topological polar surface area (TPSA) is 41.5 Å². The summed E-state index contributed by atoms with van der Waals surface area (Å²) < 4.78 is 5.54. The van der Waals surface area contributed by atoms with Gasteiger partial charge in [0.25, 0.3) is 0 Å². The SMILES string of the molecule is CC(NCC(O)COCC1CC1)c1cccc2ccccc12. The predicted octanol–water partition coefficient (Wildman–Crippen LogP) is 3.28. The third-order valence-corrected chi connectivity index (χ3v) is 4.31. The quantitative estimate of drug-likeness (QED) is 0.786. The number of fused-ring (bicyclic) bond motifs is 1. The summed E-state index contributed by atoms with van der Waals surface area (Å²) in [5.41, 5.74) is 1.27. The largest absolute Gasteiger partial charge is 0.389 e. The molecule has 118 valence electrons. The zero-order chi connectivity index (χ0) is 15.4. The Hall–Kier alpha value is -1.42. The molecule has 0 heterocycles. The van der Waals surface area contributed by atoms with Crippen LogP contribution in [0.1, 0.15) is 31.4 Å². The minimum absolute atomic E-state index is 0.198. The first-order valence-electron chi connectivity index (χ1n) is 8.21. The lowest BCUT2D eigenvalue weighted by Crippen LogP contribution is -2.32. The van der Waals surface area contributed by atoms with Gasteiger partial charge < -0.3 is 15.2 Å². The molecule has 0 saturated heterocycles. The maximum absolute atomic E-state index is 10.0. The molecule has 1 fully saturated rings. The summed E-state index contributed by atoms with van der Waals surface area (Å²) in [7, 11) is 0. The third kappa shape index (κ3) is 4.07. The van der Waals surface area contributed by atoms with Gasteiger partial charge in [0, 0.05) is 19.2 Å². The monoisotopic (exact) mass is 299 g/mol. The molecule has 2 unspecified atom stereocenters. The molecule has 0 radical (unpaired) electrons. The molecule has 0 amide bonds. The van der Waals surface area contributed by atoms with Crippen molar-refractivity contribution >= 4 is 10.8 Å². The van der Waals surface area contributed by atoms with E-state index in [0.29, 0.717) is 13.2 Å². The summed E-state index contributed by atoms with van der Waals surface area (Å²) in [5.74, 6) is 0.745. The maximum Gasteiger partial charge on any atom is 0.0897 e. The molecule has 2 aromatic carbocycles. The minimum Gasteiger partial charge on any atom is -0.389 e. The zero-order valence-corrected chi connectivity index (χ0v) is 13.2. The molecule has 1 saturated carbocycles. The van der Waals surface area contributed by atoms with Crippen molar-refractivity contribution < 1.29 is 9.84 Å². The average Bonchev–Trinajstić information content (AvgIpc) is 3.36. The Morgan fingerprint density at radius 2 is 1.95 bits per heavy atom. The molecule has 2 atom stereocenters. The molecule has 22 heavy (non-hydrogen) atoms. The molecule has 3 nitrogen and oxygen atoms in total. The molecule has 3 rings (SSSR count). The van der Waals surface area contributed by atoms with E-state index in [1.807, 2.05) is 0 Å². The van der Waals surface area contributed by atoms with Gasteiger partial charge in [0.05, 0.1) is 12.7 Å². The van der Waals surface area contributed by atoms with Gasteiger partial charge in [0.15, 0.2) is 0 Å². The van der Waals surface area contributed by atoms with Gasteiger partial charge in [-0.1, -0.05) is 42.5 Å². The van der Waals surface area contributed by atoms with Crippen molar-refractivity contribution in [1.82, 2.24) is 5.32 Å². The zero-order valence-electron chi connectivity index (χ0n) is 13.2. The van der Waals surface area contributed by atoms with Gasteiger partial charge >= 0.3 is 0 Å². The van der Waals surface area contributed by atoms with E-state index in [2.05, 4.69) is 54.7 Å². The summed E-state index contributed by atoms with van der Waals surface area (Å²) in [4.78, 5) is 0. The van der Waals surface area contributed by atoms with Gasteiger partial charge in [-0.25, -0.2) is 0 Å². The number of aliphatic hydroxyl groups excluding tert-OH is 1. The van der Waals surface area contributed by atoms with Crippen molar-refractivity contribution in [3.05, 3.63) is 48.0 Å². The number of hydrogen-bond donors (Lipinski definition) is 2. The lowest BCUT2D eigenvalue weighted by Gasteiger charge is -2.19. The van der Waals surface area contributed by atoms with Crippen molar-refractivity contribution in [3.63, 3.8) is 0 Å². The normalized spacial score (nSPS) is 17.5. The Morgan fingerprint density at radius 1 is 1.18 bits per heavy atom. The Kier molecular flexibility index (Phi) is 5.08. The van der Waals surface area contributed by atoms with Crippen LogP contribution in [0.2, 0.25) is 0 Å². The molecule has 0 aliphatic heterocycles. The third-order valence-electron chi connectivity index (χ3n) is 4.31. The number of hydrogen-bond acceptors (Lipinski definition) is 3. The second kappa shape index (κ2) is 7.23. The van der Waals surface area contributed by atoms with E-state index in [-0.39, 0.29) is 6.04 Å². The Balaban J connectivity index is 1.52. The molecule has 2 aromatic rings. The number of ether oxygens (including phenoxy) is 1. The van der Waals surface area contributed by atoms with E-state index in [1.54, 1.807) is 0 Å². The molecule has 2 N–H and O–H groups in total. The fraction of sp³-hybridized carbons (Fsp3) is 0.474. The standard InChI is InChI=1S/C19H25NO2/c1-14(20-11-17(21)13-22-12-15-9-10-15)18-8-4-6-16-5-2-3-7-19(16)18/h2-8,14-15,17,20-21H,9-13H2,1H3. The van der Waals surface area contributed by atoms with Crippen LogP contribution in [0.5, 0.6) is 0 Å². The molecular weight excluding hydrogens is 274 g/mol. The first-order chi connectivity index (χ1) is 10.7. The second-order valence-electron chi connectivity index (χ2n) is 6.33. The number of aliphatic hydroxyl groups is 1. The smallest absolute Gasteiger partial charge is 0.0897 e. The van der Waals surface area contributed by atoms with Gasteiger partial charge in [-0.2, -0.15) is 0 Å². The van der Waals surface area contributed by atoms with Crippen LogP contribution in [0.3, 0.4) is 0 Å². The van der Waals surface area contributed by atoms with Crippen molar-refractivity contribution in [2.24, 2.45) is 5.92 Å². The predicted molar refractivity (Wildman–Crippen MR) is 89.9 cm³/mol. The fourth-order valence-corrected chi connectivity index (χ4v) is 2.77. The summed E-state index contributed by atoms with van der Waals surface area (Å²) in [6.45, 7) is 3.91. The van der Waals surface area contributed by atoms with E-state index in [0.717, 1.165) is 12.5 Å². The molecule has 1 aliphatic carbocycles. The van der Waals surface area contributed by atoms with Gasteiger partial charge in [-0.3, -0.25) is 0 Å². The highest BCUT2D eigenvalue weighted by Crippen LogP contribution is 2.28. The molecule has 0 bridgehead atoms. The van der Waals surface area contributed by atoms with E-state index < -0.39 is 6.10 Å². The highest BCUT2D eigenvalue weighted by Gasteiger charge is 2.21. The van der Waals surface area contributed by atoms with Crippen molar-refractivity contribution in [2.75, 3.05) is 19.8 Å². The van der Waals surface area contributed by atoms with Crippen LogP contribution in [0.4, 0.5) is 0 Å². The first-order valence-corrected chi connectivity index (χ1v) is 8.21.